The third kappa shape index (κ3) is 10.0. The van der Waals surface area contributed by atoms with Crippen molar-refractivity contribution in [3.63, 3.8) is 0 Å². The Kier molecular flexibility index (Phi) is 10.1. The maximum atomic E-state index is 12.7. The molecule has 2 aromatic rings. The zero-order chi connectivity index (χ0) is 24.1. The second-order valence-electron chi connectivity index (χ2n) is 8.31. The van der Waals surface area contributed by atoms with E-state index in [1.165, 1.54) is 6.08 Å². The monoisotopic (exact) mass is 452 g/mol. The normalized spacial score (nSPS) is 11.7. The average molecular weight is 453 g/mol. The number of rotatable bonds is 12. The summed E-state index contributed by atoms with van der Waals surface area (Å²) in [5, 5.41) is 5.44. The van der Waals surface area contributed by atoms with Gasteiger partial charge in [-0.1, -0.05) is 73.3 Å². The van der Waals surface area contributed by atoms with Crippen LogP contribution in [0, 0.1) is 0 Å². The lowest BCUT2D eigenvalue weighted by atomic mass is 9.99. The molecule has 7 nitrogen and oxygen atoms in total. The number of nitrogens with one attached hydrogen (secondary N) is 2. The second kappa shape index (κ2) is 13.1. The molecule has 0 fully saturated rings. The molecule has 0 bridgehead atoms. The minimum Gasteiger partial charge on any atom is -0.460 e. The molecule has 7 heteroatoms. The molecule has 176 valence electrons. The summed E-state index contributed by atoms with van der Waals surface area (Å²) < 4.78 is 10.4. The molecule has 0 saturated carbocycles. The van der Waals surface area contributed by atoms with Crippen molar-refractivity contribution < 1.29 is 23.9 Å². The van der Waals surface area contributed by atoms with Crippen LogP contribution >= 0.6 is 0 Å². The van der Waals surface area contributed by atoms with Crippen LogP contribution in [0.3, 0.4) is 0 Å². The molecule has 33 heavy (non-hydrogen) atoms. The van der Waals surface area contributed by atoms with Gasteiger partial charge in [-0.3, -0.25) is 4.79 Å². The first-order valence-electron chi connectivity index (χ1n) is 10.9. The van der Waals surface area contributed by atoms with Crippen molar-refractivity contribution in [2.75, 3.05) is 6.61 Å². The van der Waals surface area contributed by atoms with Gasteiger partial charge >= 0.3 is 12.1 Å². The van der Waals surface area contributed by atoms with Gasteiger partial charge in [0.2, 0.25) is 5.91 Å². The summed E-state index contributed by atoms with van der Waals surface area (Å²) in [7, 11) is 0. The lowest BCUT2D eigenvalue weighted by Gasteiger charge is -2.26. The number of benzene rings is 2. The van der Waals surface area contributed by atoms with Crippen molar-refractivity contribution in [1.82, 2.24) is 10.6 Å². The third-order valence-corrected chi connectivity index (χ3v) is 4.78. The van der Waals surface area contributed by atoms with Crippen LogP contribution in [0.25, 0.3) is 0 Å². The van der Waals surface area contributed by atoms with Crippen LogP contribution in [0.1, 0.15) is 37.8 Å². The van der Waals surface area contributed by atoms with E-state index in [0.29, 0.717) is 12.8 Å². The van der Waals surface area contributed by atoms with E-state index in [-0.39, 0.29) is 25.5 Å². The van der Waals surface area contributed by atoms with Crippen LogP contribution in [-0.2, 0) is 32.1 Å². The molecule has 2 amide bonds. The summed E-state index contributed by atoms with van der Waals surface area (Å²) in [6.45, 7) is 7.16. The summed E-state index contributed by atoms with van der Waals surface area (Å²) in [6.07, 6.45) is 1.80. The van der Waals surface area contributed by atoms with Crippen molar-refractivity contribution in [2.24, 2.45) is 0 Å². The molecular formula is C26H32N2O5. The highest BCUT2D eigenvalue weighted by atomic mass is 16.5. The lowest BCUT2D eigenvalue weighted by Crippen LogP contribution is -2.49. The van der Waals surface area contributed by atoms with Gasteiger partial charge in [-0.25, -0.2) is 9.59 Å². The first-order valence-corrected chi connectivity index (χ1v) is 10.9. The largest absolute Gasteiger partial charge is 0.460 e. The van der Waals surface area contributed by atoms with Gasteiger partial charge < -0.3 is 20.1 Å². The molecule has 0 aliphatic carbocycles. The minimum absolute atomic E-state index is 0.0377. The Morgan fingerprint density at radius 1 is 0.970 bits per heavy atom. The number of amides is 2. The Hall–Kier alpha value is -3.61. The molecule has 0 aliphatic heterocycles. The first-order chi connectivity index (χ1) is 15.8. The van der Waals surface area contributed by atoms with Gasteiger partial charge in [0, 0.05) is 12.0 Å². The number of aryl methyl sites for hydroxylation is 1. The number of ether oxygens (including phenoxy) is 2. The Bertz CT molecular complexity index is 913. The molecule has 0 aromatic heterocycles. The average Bonchev–Trinajstić information content (AvgIpc) is 2.79. The summed E-state index contributed by atoms with van der Waals surface area (Å²) in [5.41, 5.74) is 1.03. The Labute approximate surface area is 195 Å². The second-order valence-corrected chi connectivity index (χ2v) is 8.31. The number of carbonyl (C=O) groups excluding carboxylic acids is 3. The molecule has 2 N–H and O–H groups in total. The van der Waals surface area contributed by atoms with Crippen molar-refractivity contribution >= 4 is 18.0 Å². The first kappa shape index (κ1) is 25.6. The zero-order valence-corrected chi connectivity index (χ0v) is 19.2. The van der Waals surface area contributed by atoms with E-state index < -0.39 is 23.6 Å². The molecule has 0 radical (unpaired) electrons. The molecule has 0 saturated heterocycles. The number of esters is 1. The maximum absolute atomic E-state index is 12.7. The van der Waals surface area contributed by atoms with Crippen LogP contribution in [0.2, 0.25) is 0 Å². The highest BCUT2D eigenvalue weighted by Gasteiger charge is 2.28. The molecule has 2 rings (SSSR count). The molecule has 0 heterocycles. The van der Waals surface area contributed by atoms with Gasteiger partial charge in [-0.2, -0.15) is 0 Å². The molecule has 1 atom stereocenters. The third-order valence-electron chi connectivity index (χ3n) is 4.78. The van der Waals surface area contributed by atoms with Crippen molar-refractivity contribution in [1.29, 1.82) is 0 Å². The zero-order valence-electron chi connectivity index (χ0n) is 19.2. The van der Waals surface area contributed by atoms with E-state index in [0.717, 1.165) is 11.1 Å². The van der Waals surface area contributed by atoms with Crippen LogP contribution in [0.5, 0.6) is 0 Å². The summed E-state index contributed by atoms with van der Waals surface area (Å²) in [4.78, 5) is 37.3. The Morgan fingerprint density at radius 3 is 2.18 bits per heavy atom. The van der Waals surface area contributed by atoms with Crippen molar-refractivity contribution in [3.05, 3.63) is 84.4 Å². The summed E-state index contributed by atoms with van der Waals surface area (Å²) in [6, 6.07) is 18.2. The SMILES string of the molecule is C=CCOC(=O)[C@@H](CCc1ccccc1)NC(=O)CC(C)(C)NC(=O)OCc1ccccc1. The van der Waals surface area contributed by atoms with Crippen LogP contribution < -0.4 is 10.6 Å². The fraction of sp³-hybridized carbons (Fsp3) is 0.346. The number of hydrogen-bond acceptors (Lipinski definition) is 5. The predicted octanol–water partition coefficient (Wildman–Crippen LogP) is 3.93. The van der Waals surface area contributed by atoms with Gasteiger partial charge in [0.25, 0.3) is 0 Å². The summed E-state index contributed by atoms with van der Waals surface area (Å²) >= 11 is 0. The molecule has 0 spiro atoms. The summed E-state index contributed by atoms with van der Waals surface area (Å²) in [5.74, 6) is -0.899. The van der Waals surface area contributed by atoms with E-state index in [4.69, 9.17) is 9.47 Å². The van der Waals surface area contributed by atoms with Gasteiger partial charge in [0.05, 0.1) is 0 Å². The number of alkyl carbamates (subject to hydrolysis) is 1. The van der Waals surface area contributed by atoms with Gasteiger partial charge in [0.15, 0.2) is 0 Å². The van der Waals surface area contributed by atoms with Gasteiger partial charge in [-0.15, -0.1) is 0 Å². The molecule has 2 aromatic carbocycles. The Balaban J connectivity index is 1.89. The van der Waals surface area contributed by atoms with Crippen LogP contribution in [0.15, 0.2) is 73.3 Å². The van der Waals surface area contributed by atoms with E-state index in [9.17, 15) is 14.4 Å². The molecule has 0 unspecified atom stereocenters. The quantitative estimate of drug-likeness (QED) is 0.376. The van der Waals surface area contributed by atoms with E-state index in [1.54, 1.807) is 13.8 Å². The lowest BCUT2D eigenvalue weighted by molar-refractivity contribution is -0.147. The van der Waals surface area contributed by atoms with Crippen LogP contribution in [0.4, 0.5) is 4.79 Å². The number of hydrogen-bond donors (Lipinski definition) is 2. The molecular weight excluding hydrogens is 420 g/mol. The van der Waals surface area contributed by atoms with E-state index in [1.807, 2.05) is 60.7 Å². The highest BCUT2D eigenvalue weighted by molar-refractivity contribution is 5.85. The fourth-order valence-electron chi connectivity index (χ4n) is 3.17. The molecule has 0 aliphatic rings. The fourth-order valence-corrected chi connectivity index (χ4v) is 3.17. The minimum atomic E-state index is -0.882. The van der Waals surface area contributed by atoms with Gasteiger partial charge in [-0.05, 0) is 37.8 Å². The van der Waals surface area contributed by atoms with Crippen LogP contribution in [-0.4, -0.2) is 36.2 Å². The van der Waals surface area contributed by atoms with Crippen molar-refractivity contribution in [2.45, 2.75) is 51.3 Å². The maximum Gasteiger partial charge on any atom is 0.407 e. The van der Waals surface area contributed by atoms with Gasteiger partial charge in [0.1, 0.15) is 19.3 Å². The number of carbonyl (C=O) groups is 3. The highest BCUT2D eigenvalue weighted by Crippen LogP contribution is 2.12. The smallest absolute Gasteiger partial charge is 0.407 e. The standard InChI is InChI=1S/C26H32N2O5/c1-4-17-32-24(30)22(16-15-20-11-7-5-8-12-20)27-23(29)18-26(2,3)28-25(31)33-19-21-13-9-6-10-14-21/h4-14,22H,1,15-19H2,2-3H3,(H,27,29)(H,28,31)/t22-/m1/s1. The van der Waals surface area contributed by atoms with E-state index in [2.05, 4.69) is 17.2 Å². The topological polar surface area (TPSA) is 93.7 Å². The Morgan fingerprint density at radius 2 is 1.58 bits per heavy atom. The van der Waals surface area contributed by atoms with Crippen molar-refractivity contribution in [3.8, 4) is 0 Å². The predicted molar refractivity (Wildman–Crippen MR) is 126 cm³/mol. The van der Waals surface area contributed by atoms with E-state index >= 15 is 0 Å².